The van der Waals surface area contributed by atoms with E-state index in [0.717, 1.165) is 32.1 Å². The van der Waals surface area contributed by atoms with Crippen LogP contribution in [0.1, 0.15) is 32.6 Å². The molecule has 17 heavy (non-hydrogen) atoms. The maximum atomic E-state index is 11.6. The van der Waals surface area contributed by atoms with Crippen LogP contribution in [-0.4, -0.2) is 25.7 Å². The average Bonchev–Trinajstić information content (AvgIpc) is 2.86. The van der Waals surface area contributed by atoms with E-state index in [1.54, 1.807) is 6.08 Å². The Kier molecular flexibility index (Phi) is 4.60. The molecule has 2 aliphatic rings. The summed E-state index contributed by atoms with van der Waals surface area (Å²) in [5.74, 6) is 2.07. The summed E-state index contributed by atoms with van der Waals surface area (Å²) < 4.78 is 5.27. The second kappa shape index (κ2) is 6.20. The highest BCUT2D eigenvalue weighted by molar-refractivity contribution is 5.87. The van der Waals surface area contributed by atoms with Crippen LogP contribution in [0, 0.1) is 17.8 Å². The Hall–Kier alpha value is -0.830. The second-order valence-corrected chi connectivity index (χ2v) is 5.28. The molecule has 1 N–H and O–H groups in total. The first-order valence-corrected chi connectivity index (χ1v) is 6.83. The number of amides is 1. The van der Waals surface area contributed by atoms with Crippen LogP contribution in [0.3, 0.4) is 0 Å². The molecule has 0 aromatic heterocycles. The van der Waals surface area contributed by atoms with Gasteiger partial charge in [0.1, 0.15) is 0 Å². The third-order valence-corrected chi connectivity index (χ3v) is 3.72. The summed E-state index contributed by atoms with van der Waals surface area (Å²) in [5, 5.41) is 2.95. The van der Waals surface area contributed by atoms with E-state index in [-0.39, 0.29) is 5.91 Å². The standard InChI is InChI=1S/C14H23NO2/c1-2-3-12-8-13(12)4-5-14(16)15-9-11-6-7-17-10-11/h4-5,11-13H,2-3,6-10H2,1H3,(H,15,16)/b5-4+. The Morgan fingerprint density at radius 3 is 3.12 bits per heavy atom. The lowest BCUT2D eigenvalue weighted by atomic mass is 10.1. The molecule has 2 rings (SSSR count). The number of rotatable bonds is 6. The van der Waals surface area contributed by atoms with Crippen LogP contribution in [0.4, 0.5) is 0 Å². The van der Waals surface area contributed by atoms with Gasteiger partial charge in [-0.25, -0.2) is 0 Å². The lowest BCUT2D eigenvalue weighted by Gasteiger charge is -2.07. The maximum absolute atomic E-state index is 11.6. The fraction of sp³-hybridized carbons (Fsp3) is 0.786. The zero-order valence-electron chi connectivity index (χ0n) is 10.7. The molecule has 1 saturated carbocycles. The highest BCUT2D eigenvalue weighted by Crippen LogP contribution is 2.42. The van der Waals surface area contributed by atoms with E-state index in [0.29, 0.717) is 11.8 Å². The number of hydrogen-bond acceptors (Lipinski definition) is 2. The Bertz CT molecular complexity index is 282. The van der Waals surface area contributed by atoms with Crippen LogP contribution in [-0.2, 0) is 9.53 Å². The van der Waals surface area contributed by atoms with Gasteiger partial charge in [0.05, 0.1) is 6.61 Å². The molecule has 1 aliphatic carbocycles. The van der Waals surface area contributed by atoms with Crippen molar-refractivity contribution in [3.8, 4) is 0 Å². The Labute approximate surface area is 104 Å². The van der Waals surface area contributed by atoms with E-state index in [1.807, 2.05) is 0 Å². The molecule has 1 amide bonds. The average molecular weight is 237 g/mol. The molecular weight excluding hydrogens is 214 g/mol. The summed E-state index contributed by atoms with van der Waals surface area (Å²) in [4.78, 5) is 11.6. The smallest absolute Gasteiger partial charge is 0.243 e. The Balaban J connectivity index is 1.59. The normalized spacial score (nSPS) is 31.9. The van der Waals surface area contributed by atoms with Crippen molar-refractivity contribution in [2.45, 2.75) is 32.6 Å². The van der Waals surface area contributed by atoms with Gasteiger partial charge in [0.25, 0.3) is 0 Å². The first-order valence-electron chi connectivity index (χ1n) is 6.83. The fourth-order valence-electron chi connectivity index (χ4n) is 2.47. The molecule has 1 heterocycles. The molecule has 0 aromatic carbocycles. The second-order valence-electron chi connectivity index (χ2n) is 5.28. The van der Waals surface area contributed by atoms with E-state index in [9.17, 15) is 4.79 Å². The number of ether oxygens (including phenoxy) is 1. The van der Waals surface area contributed by atoms with Gasteiger partial charge in [0.2, 0.25) is 5.91 Å². The largest absolute Gasteiger partial charge is 0.381 e. The fourth-order valence-corrected chi connectivity index (χ4v) is 2.47. The van der Waals surface area contributed by atoms with Crippen LogP contribution in [0.25, 0.3) is 0 Å². The zero-order valence-corrected chi connectivity index (χ0v) is 10.7. The lowest BCUT2D eigenvalue weighted by molar-refractivity contribution is -0.116. The van der Waals surface area contributed by atoms with Crippen LogP contribution in [0.5, 0.6) is 0 Å². The van der Waals surface area contributed by atoms with Gasteiger partial charge in [0, 0.05) is 19.1 Å². The minimum atomic E-state index is 0.0547. The van der Waals surface area contributed by atoms with Crippen molar-refractivity contribution in [1.82, 2.24) is 5.32 Å². The maximum Gasteiger partial charge on any atom is 0.243 e. The molecule has 3 nitrogen and oxygen atoms in total. The van der Waals surface area contributed by atoms with Gasteiger partial charge in [-0.05, 0) is 30.8 Å². The molecule has 3 heteroatoms. The number of allylic oxidation sites excluding steroid dienone is 1. The Morgan fingerprint density at radius 2 is 2.41 bits per heavy atom. The summed E-state index contributed by atoms with van der Waals surface area (Å²) in [6, 6.07) is 0. The van der Waals surface area contributed by atoms with Crippen LogP contribution < -0.4 is 5.32 Å². The SMILES string of the molecule is CCCC1CC1/C=C/C(=O)NCC1CCOC1. The zero-order chi connectivity index (χ0) is 12.1. The van der Waals surface area contributed by atoms with E-state index < -0.39 is 0 Å². The monoisotopic (exact) mass is 237 g/mol. The summed E-state index contributed by atoms with van der Waals surface area (Å²) in [6.45, 7) is 4.62. The van der Waals surface area contributed by atoms with Crippen LogP contribution in [0.2, 0.25) is 0 Å². The molecule has 3 atom stereocenters. The van der Waals surface area contributed by atoms with E-state index >= 15 is 0 Å². The van der Waals surface area contributed by atoms with Crippen molar-refractivity contribution in [1.29, 1.82) is 0 Å². The summed E-state index contributed by atoms with van der Waals surface area (Å²) >= 11 is 0. The number of carbonyl (C=O) groups is 1. The molecule has 96 valence electrons. The van der Waals surface area contributed by atoms with Gasteiger partial charge in [0.15, 0.2) is 0 Å². The van der Waals surface area contributed by atoms with E-state index in [4.69, 9.17) is 4.74 Å². The third-order valence-electron chi connectivity index (χ3n) is 3.72. The lowest BCUT2D eigenvalue weighted by Crippen LogP contribution is -2.27. The molecule has 1 aliphatic heterocycles. The number of carbonyl (C=O) groups excluding carboxylic acids is 1. The van der Waals surface area contributed by atoms with Crippen molar-refractivity contribution in [3.05, 3.63) is 12.2 Å². The number of hydrogen-bond donors (Lipinski definition) is 1. The molecule has 0 spiro atoms. The van der Waals surface area contributed by atoms with Crippen LogP contribution in [0.15, 0.2) is 12.2 Å². The number of nitrogens with one attached hydrogen (secondary N) is 1. The van der Waals surface area contributed by atoms with Crippen LogP contribution >= 0.6 is 0 Å². The van der Waals surface area contributed by atoms with Crippen molar-refractivity contribution < 1.29 is 9.53 Å². The topological polar surface area (TPSA) is 38.3 Å². The van der Waals surface area contributed by atoms with Crippen molar-refractivity contribution in [3.63, 3.8) is 0 Å². The predicted molar refractivity (Wildman–Crippen MR) is 67.6 cm³/mol. The van der Waals surface area contributed by atoms with Crippen molar-refractivity contribution in [2.24, 2.45) is 17.8 Å². The first-order chi connectivity index (χ1) is 8.29. The Morgan fingerprint density at radius 1 is 1.53 bits per heavy atom. The summed E-state index contributed by atoms with van der Waals surface area (Å²) in [5.41, 5.74) is 0. The molecule has 2 fully saturated rings. The minimum absolute atomic E-state index is 0.0547. The van der Waals surface area contributed by atoms with Gasteiger partial charge in [-0.1, -0.05) is 25.8 Å². The van der Waals surface area contributed by atoms with Gasteiger partial charge < -0.3 is 10.1 Å². The predicted octanol–water partition coefficient (Wildman–Crippen LogP) is 2.13. The first kappa shape index (κ1) is 12.6. The van der Waals surface area contributed by atoms with Crippen molar-refractivity contribution >= 4 is 5.91 Å². The molecule has 3 unspecified atom stereocenters. The van der Waals surface area contributed by atoms with Crippen molar-refractivity contribution in [2.75, 3.05) is 19.8 Å². The molecule has 1 saturated heterocycles. The molecular formula is C14H23NO2. The quantitative estimate of drug-likeness (QED) is 0.719. The summed E-state index contributed by atoms with van der Waals surface area (Å²) in [6.07, 6.45) is 8.70. The highest BCUT2D eigenvalue weighted by Gasteiger charge is 2.33. The molecule has 0 radical (unpaired) electrons. The molecule has 0 bridgehead atoms. The highest BCUT2D eigenvalue weighted by atomic mass is 16.5. The van der Waals surface area contributed by atoms with E-state index in [1.165, 1.54) is 19.3 Å². The van der Waals surface area contributed by atoms with Gasteiger partial charge in [-0.3, -0.25) is 4.79 Å². The van der Waals surface area contributed by atoms with Gasteiger partial charge >= 0.3 is 0 Å². The van der Waals surface area contributed by atoms with Gasteiger partial charge in [-0.15, -0.1) is 0 Å². The van der Waals surface area contributed by atoms with E-state index in [2.05, 4.69) is 18.3 Å². The summed E-state index contributed by atoms with van der Waals surface area (Å²) in [7, 11) is 0. The van der Waals surface area contributed by atoms with Gasteiger partial charge in [-0.2, -0.15) is 0 Å². The molecule has 0 aromatic rings. The minimum Gasteiger partial charge on any atom is -0.381 e. The third kappa shape index (κ3) is 4.15.